The third-order valence-electron chi connectivity index (χ3n) is 4.10. The van der Waals surface area contributed by atoms with Crippen LogP contribution in [0.5, 0.6) is 0 Å². The van der Waals surface area contributed by atoms with Crippen LogP contribution in [0, 0.1) is 6.92 Å². The lowest BCUT2D eigenvalue weighted by Gasteiger charge is -2.23. The summed E-state index contributed by atoms with van der Waals surface area (Å²) in [7, 11) is 0. The number of nitrogens with one attached hydrogen (secondary N) is 1. The number of thiophene rings is 1. The molecule has 4 nitrogen and oxygen atoms in total. The van der Waals surface area contributed by atoms with Gasteiger partial charge in [-0.15, -0.1) is 11.3 Å². The summed E-state index contributed by atoms with van der Waals surface area (Å²) in [4.78, 5) is 3.59. The molecule has 6 heteroatoms. The molecule has 0 aliphatic heterocycles. The molecule has 1 atom stereocenters. The van der Waals surface area contributed by atoms with Crippen molar-refractivity contribution in [2.24, 2.45) is 0 Å². The Morgan fingerprint density at radius 1 is 1.24 bits per heavy atom. The minimum Gasteiger partial charge on any atom is -0.392 e. The minimum absolute atomic E-state index is 0.383. The fraction of sp³-hybridized carbons (Fsp3) is 0.316. The number of aromatic amines is 1. The first-order chi connectivity index (χ1) is 12.0. The van der Waals surface area contributed by atoms with Crippen LogP contribution in [0.3, 0.4) is 0 Å². The Morgan fingerprint density at radius 3 is 2.64 bits per heavy atom. The molecule has 2 heterocycles. The molecule has 0 saturated carbocycles. The lowest BCUT2D eigenvalue weighted by atomic mass is 10.1. The molecule has 3 rings (SSSR count). The van der Waals surface area contributed by atoms with Crippen LogP contribution in [0.4, 0.5) is 0 Å². The molecule has 0 unspecified atom stereocenters. The molecule has 0 aliphatic rings. The summed E-state index contributed by atoms with van der Waals surface area (Å²) in [6.45, 7) is 6.10. The van der Waals surface area contributed by atoms with Gasteiger partial charge in [0.25, 0.3) is 0 Å². The van der Waals surface area contributed by atoms with E-state index in [1.54, 1.807) is 11.3 Å². The number of halogens is 1. The van der Waals surface area contributed by atoms with Crippen molar-refractivity contribution in [3.63, 3.8) is 0 Å². The predicted octanol–water partition coefficient (Wildman–Crippen LogP) is 4.48. The lowest BCUT2D eigenvalue weighted by molar-refractivity contribution is 0.119. The van der Waals surface area contributed by atoms with E-state index in [4.69, 9.17) is 11.6 Å². The standard InChI is InChI=1S/C19H22ClN3OS/c1-13-7-8-25-18(13)12-23(10-14(2)24)11-16-9-21-22-19(16)15-3-5-17(20)6-4-15/h3-9,14,24H,10-12H2,1-2H3,(H,21,22)/t14-/m0/s1. The summed E-state index contributed by atoms with van der Waals surface area (Å²) in [6.07, 6.45) is 1.48. The molecule has 0 aliphatic carbocycles. The van der Waals surface area contributed by atoms with Crippen molar-refractivity contribution in [1.29, 1.82) is 0 Å². The van der Waals surface area contributed by atoms with E-state index < -0.39 is 0 Å². The number of hydrogen-bond acceptors (Lipinski definition) is 4. The maximum atomic E-state index is 9.89. The minimum atomic E-state index is -0.383. The van der Waals surface area contributed by atoms with E-state index in [1.807, 2.05) is 37.4 Å². The van der Waals surface area contributed by atoms with Crippen LogP contribution in [0.15, 0.2) is 41.9 Å². The summed E-state index contributed by atoms with van der Waals surface area (Å²) in [5.41, 5.74) is 4.46. The molecule has 0 spiro atoms. The normalized spacial score (nSPS) is 12.7. The van der Waals surface area contributed by atoms with Crippen molar-refractivity contribution in [3.8, 4) is 11.3 Å². The molecule has 0 amide bonds. The van der Waals surface area contributed by atoms with Crippen LogP contribution in [0.1, 0.15) is 22.9 Å². The molecule has 2 N–H and O–H groups in total. The van der Waals surface area contributed by atoms with Crippen molar-refractivity contribution in [2.45, 2.75) is 33.0 Å². The van der Waals surface area contributed by atoms with E-state index in [0.717, 1.165) is 29.9 Å². The molecule has 1 aromatic carbocycles. The van der Waals surface area contributed by atoms with Gasteiger partial charge in [0.05, 0.1) is 18.0 Å². The van der Waals surface area contributed by atoms with E-state index in [2.05, 4.69) is 33.5 Å². The second-order valence-corrected chi connectivity index (χ2v) is 7.76. The monoisotopic (exact) mass is 375 g/mol. The van der Waals surface area contributed by atoms with Gasteiger partial charge in [-0.1, -0.05) is 23.7 Å². The highest BCUT2D eigenvalue weighted by atomic mass is 35.5. The zero-order valence-corrected chi connectivity index (χ0v) is 15.9. The molecule has 0 bridgehead atoms. The number of H-pyrrole nitrogens is 1. The first kappa shape index (κ1) is 18.1. The van der Waals surface area contributed by atoms with Crippen molar-refractivity contribution in [2.75, 3.05) is 6.54 Å². The molecule has 25 heavy (non-hydrogen) atoms. The number of aromatic nitrogens is 2. The van der Waals surface area contributed by atoms with E-state index in [0.29, 0.717) is 11.6 Å². The van der Waals surface area contributed by atoms with Crippen LogP contribution < -0.4 is 0 Å². The zero-order valence-electron chi connectivity index (χ0n) is 14.4. The summed E-state index contributed by atoms with van der Waals surface area (Å²) in [5, 5.41) is 20.0. The molecule has 0 fully saturated rings. The Kier molecular flexibility index (Phi) is 5.91. The quantitative estimate of drug-likeness (QED) is 0.640. The topological polar surface area (TPSA) is 52.2 Å². The molecular weight excluding hydrogens is 354 g/mol. The summed E-state index contributed by atoms with van der Waals surface area (Å²) in [5.74, 6) is 0. The molecule has 3 aromatic rings. The second-order valence-electron chi connectivity index (χ2n) is 6.32. The third-order valence-corrected chi connectivity index (χ3v) is 5.36. The Hall–Kier alpha value is -1.66. The Morgan fingerprint density at radius 2 is 2.00 bits per heavy atom. The smallest absolute Gasteiger partial charge is 0.0695 e. The highest BCUT2D eigenvalue weighted by Gasteiger charge is 2.16. The predicted molar refractivity (Wildman–Crippen MR) is 104 cm³/mol. The van der Waals surface area contributed by atoms with E-state index in [1.165, 1.54) is 10.4 Å². The first-order valence-corrected chi connectivity index (χ1v) is 9.50. The van der Waals surface area contributed by atoms with Gasteiger partial charge in [-0.05, 0) is 48.6 Å². The largest absolute Gasteiger partial charge is 0.392 e. The second kappa shape index (κ2) is 8.15. The summed E-state index contributed by atoms with van der Waals surface area (Å²) >= 11 is 7.75. The maximum absolute atomic E-state index is 9.89. The van der Waals surface area contributed by atoms with Gasteiger partial charge in [-0.3, -0.25) is 10.00 Å². The number of aliphatic hydroxyl groups excluding tert-OH is 1. The Bertz CT molecular complexity index is 810. The van der Waals surface area contributed by atoms with Crippen molar-refractivity contribution in [3.05, 3.63) is 62.9 Å². The van der Waals surface area contributed by atoms with Crippen molar-refractivity contribution in [1.82, 2.24) is 15.1 Å². The average molecular weight is 376 g/mol. The highest BCUT2D eigenvalue weighted by Crippen LogP contribution is 2.25. The zero-order chi connectivity index (χ0) is 17.8. The number of hydrogen-bond donors (Lipinski definition) is 2. The van der Waals surface area contributed by atoms with Gasteiger partial charge in [-0.2, -0.15) is 5.10 Å². The molecule has 0 radical (unpaired) electrons. The van der Waals surface area contributed by atoms with Gasteiger partial charge in [0.2, 0.25) is 0 Å². The number of benzene rings is 1. The molecular formula is C19H22ClN3OS. The maximum Gasteiger partial charge on any atom is 0.0695 e. The van der Waals surface area contributed by atoms with Crippen LogP contribution >= 0.6 is 22.9 Å². The molecule has 2 aromatic heterocycles. The van der Waals surface area contributed by atoms with Gasteiger partial charge < -0.3 is 5.11 Å². The van der Waals surface area contributed by atoms with Crippen LogP contribution in [-0.4, -0.2) is 32.9 Å². The Balaban J connectivity index is 1.81. The Labute approximate surface area is 157 Å². The van der Waals surface area contributed by atoms with Gasteiger partial charge in [0.1, 0.15) is 0 Å². The highest BCUT2D eigenvalue weighted by molar-refractivity contribution is 7.10. The number of aliphatic hydroxyl groups is 1. The average Bonchev–Trinajstić information content (AvgIpc) is 3.17. The van der Waals surface area contributed by atoms with Crippen LogP contribution in [-0.2, 0) is 13.1 Å². The van der Waals surface area contributed by atoms with Gasteiger partial charge >= 0.3 is 0 Å². The number of nitrogens with zero attached hydrogens (tertiary/aromatic N) is 2. The molecule has 0 saturated heterocycles. The summed E-state index contributed by atoms with van der Waals surface area (Å²) < 4.78 is 0. The number of aryl methyl sites for hydroxylation is 1. The van der Waals surface area contributed by atoms with Crippen molar-refractivity contribution < 1.29 is 5.11 Å². The fourth-order valence-corrected chi connectivity index (χ4v) is 3.94. The van der Waals surface area contributed by atoms with Gasteiger partial charge in [-0.25, -0.2) is 0 Å². The van der Waals surface area contributed by atoms with Crippen molar-refractivity contribution >= 4 is 22.9 Å². The SMILES string of the molecule is Cc1ccsc1CN(Cc1cn[nH]c1-c1ccc(Cl)cc1)C[C@H](C)O. The van der Waals surface area contributed by atoms with E-state index in [-0.39, 0.29) is 6.10 Å². The first-order valence-electron chi connectivity index (χ1n) is 8.24. The van der Waals surface area contributed by atoms with Gasteiger partial charge in [0.15, 0.2) is 0 Å². The fourth-order valence-electron chi connectivity index (χ4n) is 2.87. The van der Waals surface area contributed by atoms with Crippen LogP contribution in [0.25, 0.3) is 11.3 Å². The number of rotatable bonds is 7. The third kappa shape index (κ3) is 4.70. The van der Waals surface area contributed by atoms with E-state index >= 15 is 0 Å². The van der Waals surface area contributed by atoms with Crippen LogP contribution in [0.2, 0.25) is 5.02 Å². The summed E-state index contributed by atoms with van der Waals surface area (Å²) in [6, 6.07) is 9.87. The van der Waals surface area contributed by atoms with E-state index in [9.17, 15) is 5.11 Å². The van der Waals surface area contributed by atoms with Gasteiger partial charge in [0, 0.05) is 35.1 Å². The molecule has 132 valence electrons. The lowest BCUT2D eigenvalue weighted by Crippen LogP contribution is -2.30.